The molecule has 1 heterocycles. The summed E-state index contributed by atoms with van der Waals surface area (Å²) in [6, 6.07) is 12.8. The average Bonchev–Trinajstić information content (AvgIpc) is 2.82. The zero-order chi connectivity index (χ0) is 13.9. The second kappa shape index (κ2) is 5.61. The van der Waals surface area contributed by atoms with Crippen LogP contribution in [0.3, 0.4) is 0 Å². The molecule has 20 heavy (non-hydrogen) atoms. The first-order valence-corrected chi connectivity index (χ1v) is 6.85. The molecule has 0 aliphatic heterocycles. The summed E-state index contributed by atoms with van der Waals surface area (Å²) in [6.07, 6.45) is 2.67. The van der Waals surface area contributed by atoms with E-state index in [9.17, 15) is 0 Å². The van der Waals surface area contributed by atoms with Crippen molar-refractivity contribution in [2.24, 2.45) is 5.73 Å². The van der Waals surface area contributed by atoms with Gasteiger partial charge in [-0.25, -0.2) is 4.98 Å². The predicted octanol–water partition coefficient (Wildman–Crippen LogP) is 2.32. The van der Waals surface area contributed by atoms with Gasteiger partial charge in [0.15, 0.2) is 0 Å². The number of ether oxygens (including phenoxy) is 1. The summed E-state index contributed by atoms with van der Waals surface area (Å²) in [4.78, 5) is 4.21. The zero-order valence-electron chi connectivity index (χ0n) is 11.5. The van der Waals surface area contributed by atoms with Crippen molar-refractivity contribution in [3.05, 3.63) is 59.3 Å². The van der Waals surface area contributed by atoms with Crippen LogP contribution >= 0.6 is 0 Å². The molecule has 1 aliphatic carbocycles. The van der Waals surface area contributed by atoms with Crippen LogP contribution in [0.25, 0.3) is 0 Å². The Labute approximate surface area is 119 Å². The van der Waals surface area contributed by atoms with Crippen LogP contribution in [0.1, 0.15) is 35.2 Å². The SMILES string of the molecule is COc1ncccc1CNC1CC(N)c2ccccc21. The largest absolute Gasteiger partial charge is 0.481 e. The molecule has 4 heteroatoms. The van der Waals surface area contributed by atoms with E-state index in [-0.39, 0.29) is 6.04 Å². The first-order valence-electron chi connectivity index (χ1n) is 6.85. The van der Waals surface area contributed by atoms with Gasteiger partial charge in [0.05, 0.1) is 7.11 Å². The van der Waals surface area contributed by atoms with Crippen molar-refractivity contribution < 1.29 is 4.74 Å². The number of hydrogen-bond donors (Lipinski definition) is 2. The van der Waals surface area contributed by atoms with E-state index in [1.807, 2.05) is 18.2 Å². The van der Waals surface area contributed by atoms with Crippen molar-refractivity contribution in [2.75, 3.05) is 7.11 Å². The number of nitrogens with one attached hydrogen (secondary N) is 1. The van der Waals surface area contributed by atoms with Gasteiger partial charge in [-0.2, -0.15) is 0 Å². The van der Waals surface area contributed by atoms with Crippen LogP contribution in [0.15, 0.2) is 42.6 Å². The van der Waals surface area contributed by atoms with E-state index in [2.05, 4.69) is 28.5 Å². The number of nitrogens with zero attached hydrogens (tertiary/aromatic N) is 1. The van der Waals surface area contributed by atoms with Gasteiger partial charge in [-0.3, -0.25) is 0 Å². The third kappa shape index (κ3) is 2.40. The molecule has 1 aromatic heterocycles. The van der Waals surface area contributed by atoms with Crippen molar-refractivity contribution in [1.82, 2.24) is 10.3 Å². The molecule has 2 unspecified atom stereocenters. The minimum atomic E-state index is 0.125. The second-order valence-corrected chi connectivity index (χ2v) is 5.08. The van der Waals surface area contributed by atoms with Crippen LogP contribution in [-0.2, 0) is 6.54 Å². The third-order valence-corrected chi connectivity index (χ3v) is 3.84. The lowest BCUT2D eigenvalue weighted by Gasteiger charge is -2.15. The molecule has 3 N–H and O–H groups in total. The highest BCUT2D eigenvalue weighted by molar-refractivity contribution is 5.37. The van der Waals surface area contributed by atoms with Crippen molar-refractivity contribution in [3.8, 4) is 5.88 Å². The topological polar surface area (TPSA) is 60.2 Å². The van der Waals surface area contributed by atoms with Crippen LogP contribution in [-0.4, -0.2) is 12.1 Å². The minimum Gasteiger partial charge on any atom is -0.481 e. The fourth-order valence-electron chi connectivity index (χ4n) is 2.84. The summed E-state index contributed by atoms with van der Waals surface area (Å²) in [5.74, 6) is 0.676. The molecule has 0 spiro atoms. The van der Waals surface area contributed by atoms with Crippen LogP contribution in [0.4, 0.5) is 0 Å². The van der Waals surface area contributed by atoms with Crippen LogP contribution in [0.2, 0.25) is 0 Å². The molecule has 2 atom stereocenters. The van der Waals surface area contributed by atoms with Gasteiger partial charge in [-0.05, 0) is 23.6 Å². The minimum absolute atomic E-state index is 0.125. The molecule has 0 saturated carbocycles. The lowest BCUT2D eigenvalue weighted by atomic mass is 10.1. The van der Waals surface area contributed by atoms with Crippen LogP contribution < -0.4 is 15.8 Å². The van der Waals surface area contributed by atoms with E-state index in [0.29, 0.717) is 11.9 Å². The monoisotopic (exact) mass is 269 g/mol. The number of fused-ring (bicyclic) bond motifs is 1. The number of pyridine rings is 1. The molecule has 1 aromatic carbocycles. The van der Waals surface area contributed by atoms with E-state index >= 15 is 0 Å². The van der Waals surface area contributed by atoms with Crippen LogP contribution in [0.5, 0.6) is 5.88 Å². The van der Waals surface area contributed by atoms with Gasteiger partial charge in [-0.1, -0.05) is 30.3 Å². The Bertz CT molecular complexity index is 600. The van der Waals surface area contributed by atoms with Gasteiger partial charge < -0.3 is 15.8 Å². The maximum atomic E-state index is 6.18. The summed E-state index contributed by atoms with van der Waals surface area (Å²) in [5, 5.41) is 3.56. The molecule has 0 radical (unpaired) electrons. The number of benzene rings is 1. The van der Waals surface area contributed by atoms with Crippen molar-refractivity contribution in [3.63, 3.8) is 0 Å². The number of aromatic nitrogens is 1. The van der Waals surface area contributed by atoms with Gasteiger partial charge in [0, 0.05) is 30.4 Å². The quantitative estimate of drug-likeness (QED) is 0.894. The summed E-state index contributed by atoms with van der Waals surface area (Å²) in [6.45, 7) is 0.725. The molecule has 0 amide bonds. The fourth-order valence-corrected chi connectivity index (χ4v) is 2.84. The summed E-state index contributed by atoms with van der Waals surface area (Å²) >= 11 is 0. The van der Waals surface area contributed by atoms with E-state index in [4.69, 9.17) is 10.5 Å². The van der Waals surface area contributed by atoms with Crippen molar-refractivity contribution >= 4 is 0 Å². The fraction of sp³-hybridized carbons (Fsp3) is 0.312. The number of hydrogen-bond acceptors (Lipinski definition) is 4. The van der Waals surface area contributed by atoms with Gasteiger partial charge >= 0.3 is 0 Å². The average molecular weight is 269 g/mol. The molecule has 0 saturated heterocycles. The summed E-state index contributed by atoms with van der Waals surface area (Å²) in [7, 11) is 1.65. The van der Waals surface area contributed by atoms with Crippen molar-refractivity contribution in [1.29, 1.82) is 0 Å². The molecular formula is C16H19N3O. The van der Waals surface area contributed by atoms with Crippen molar-refractivity contribution in [2.45, 2.75) is 25.0 Å². The van der Waals surface area contributed by atoms with Gasteiger partial charge in [0.25, 0.3) is 0 Å². The smallest absolute Gasteiger partial charge is 0.217 e. The highest BCUT2D eigenvalue weighted by Gasteiger charge is 2.27. The Morgan fingerprint density at radius 1 is 1.25 bits per heavy atom. The van der Waals surface area contributed by atoms with E-state index in [1.54, 1.807) is 13.3 Å². The molecule has 0 fully saturated rings. The molecule has 1 aliphatic rings. The van der Waals surface area contributed by atoms with E-state index < -0.39 is 0 Å². The first-order chi connectivity index (χ1) is 9.79. The Balaban J connectivity index is 1.74. The zero-order valence-corrected chi connectivity index (χ0v) is 11.5. The maximum absolute atomic E-state index is 6.18. The third-order valence-electron chi connectivity index (χ3n) is 3.84. The molecule has 4 nitrogen and oxygen atoms in total. The van der Waals surface area contributed by atoms with E-state index in [0.717, 1.165) is 18.5 Å². The normalized spacial score (nSPS) is 20.7. The first kappa shape index (κ1) is 13.1. The highest BCUT2D eigenvalue weighted by atomic mass is 16.5. The van der Waals surface area contributed by atoms with Gasteiger partial charge in [0.1, 0.15) is 0 Å². The second-order valence-electron chi connectivity index (χ2n) is 5.08. The van der Waals surface area contributed by atoms with Gasteiger partial charge in [0.2, 0.25) is 5.88 Å². The summed E-state index contributed by atoms with van der Waals surface area (Å²) < 4.78 is 5.28. The number of rotatable bonds is 4. The van der Waals surface area contributed by atoms with Crippen LogP contribution in [0, 0.1) is 0 Å². The Kier molecular flexibility index (Phi) is 3.67. The number of methoxy groups -OCH3 is 1. The molecule has 3 rings (SSSR count). The lowest BCUT2D eigenvalue weighted by molar-refractivity contribution is 0.387. The molecule has 104 valence electrons. The van der Waals surface area contributed by atoms with E-state index in [1.165, 1.54) is 11.1 Å². The highest BCUT2D eigenvalue weighted by Crippen LogP contribution is 2.37. The molecule has 2 aromatic rings. The molecule has 0 bridgehead atoms. The van der Waals surface area contributed by atoms with Gasteiger partial charge in [-0.15, -0.1) is 0 Å². The lowest BCUT2D eigenvalue weighted by Crippen LogP contribution is -2.20. The summed E-state index contributed by atoms with van der Waals surface area (Å²) in [5.41, 5.74) is 9.81. The predicted molar refractivity (Wildman–Crippen MR) is 78.4 cm³/mol. The Hall–Kier alpha value is -1.91. The molecular weight excluding hydrogens is 250 g/mol. The maximum Gasteiger partial charge on any atom is 0.217 e. The Morgan fingerprint density at radius 3 is 2.85 bits per heavy atom. The Morgan fingerprint density at radius 2 is 2.05 bits per heavy atom. The standard InChI is InChI=1S/C16H19N3O/c1-20-16-11(5-4-8-18-16)10-19-15-9-14(17)12-6-2-3-7-13(12)15/h2-8,14-15,19H,9-10,17H2,1H3. The number of nitrogens with two attached hydrogens (primary N) is 1.